The second kappa shape index (κ2) is 5.66. The van der Waals surface area contributed by atoms with Crippen molar-refractivity contribution in [2.75, 3.05) is 0 Å². The summed E-state index contributed by atoms with van der Waals surface area (Å²) in [7, 11) is -1.53. The molecule has 0 saturated heterocycles. The lowest BCUT2D eigenvalue weighted by atomic mass is 9.77. The minimum atomic E-state index is -1.53. The zero-order chi connectivity index (χ0) is 13.0. The van der Waals surface area contributed by atoms with Gasteiger partial charge in [0.1, 0.15) is 18.2 Å². The molecule has 0 unspecified atom stereocenters. The monoisotopic (exact) mass is 246 g/mol. The van der Waals surface area contributed by atoms with Crippen molar-refractivity contribution in [3.8, 4) is 5.75 Å². The Labute approximate surface area is 105 Å². The molecule has 3 nitrogen and oxygen atoms in total. The van der Waals surface area contributed by atoms with E-state index < -0.39 is 7.12 Å². The minimum absolute atomic E-state index is 0.194. The van der Waals surface area contributed by atoms with Crippen LogP contribution in [-0.4, -0.2) is 17.2 Å². The molecular formula is C13H12BFO3. The fourth-order valence-corrected chi connectivity index (χ4v) is 1.61. The molecule has 18 heavy (non-hydrogen) atoms. The summed E-state index contributed by atoms with van der Waals surface area (Å²) in [5, 5.41) is 18.4. The van der Waals surface area contributed by atoms with Crippen LogP contribution in [0.3, 0.4) is 0 Å². The van der Waals surface area contributed by atoms with Crippen LogP contribution in [0.2, 0.25) is 0 Å². The van der Waals surface area contributed by atoms with Gasteiger partial charge < -0.3 is 14.8 Å². The Morgan fingerprint density at radius 2 is 1.67 bits per heavy atom. The SMILES string of the molecule is OB(O)c1ccccc1COc1ccc(F)cc1. The van der Waals surface area contributed by atoms with Gasteiger partial charge >= 0.3 is 7.12 Å². The van der Waals surface area contributed by atoms with Gasteiger partial charge in [0.05, 0.1) is 0 Å². The average Bonchev–Trinajstić information content (AvgIpc) is 2.38. The molecule has 2 aromatic carbocycles. The largest absolute Gasteiger partial charge is 0.489 e. The van der Waals surface area contributed by atoms with E-state index in [1.54, 1.807) is 24.3 Å². The van der Waals surface area contributed by atoms with Crippen molar-refractivity contribution in [1.29, 1.82) is 0 Å². The van der Waals surface area contributed by atoms with Crippen LogP contribution in [0.4, 0.5) is 4.39 Å². The molecule has 0 aliphatic rings. The molecule has 92 valence electrons. The highest BCUT2D eigenvalue weighted by atomic mass is 19.1. The summed E-state index contributed by atoms with van der Waals surface area (Å²) in [6, 6.07) is 12.5. The lowest BCUT2D eigenvalue weighted by Crippen LogP contribution is -2.33. The molecule has 2 rings (SSSR count). The smallest absolute Gasteiger partial charge is 0.488 e. The summed E-state index contributed by atoms with van der Waals surface area (Å²) in [5.41, 5.74) is 1.08. The number of hydrogen-bond acceptors (Lipinski definition) is 3. The van der Waals surface area contributed by atoms with Crippen molar-refractivity contribution in [2.24, 2.45) is 0 Å². The van der Waals surface area contributed by atoms with E-state index in [4.69, 9.17) is 4.74 Å². The van der Waals surface area contributed by atoms with Gasteiger partial charge in [-0.05, 0) is 35.3 Å². The third-order valence-corrected chi connectivity index (χ3v) is 2.54. The van der Waals surface area contributed by atoms with Crippen LogP contribution in [0.15, 0.2) is 48.5 Å². The Kier molecular flexibility index (Phi) is 3.97. The number of rotatable bonds is 4. The van der Waals surface area contributed by atoms with Gasteiger partial charge in [0.2, 0.25) is 0 Å². The van der Waals surface area contributed by atoms with E-state index in [0.29, 0.717) is 16.8 Å². The molecule has 0 fully saturated rings. The third kappa shape index (κ3) is 3.09. The molecule has 0 saturated carbocycles. The molecule has 0 bridgehead atoms. The fourth-order valence-electron chi connectivity index (χ4n) is 1.61. The maximum Gasteiger partial charge on any atom is 0.488 e. The molecule has 0 spiro atoms. The summed E-state index contributed by atoms with van der Waals surface area (Å²) in [6.45, 7) is 0.194. The second-order valence-electron chi connectivity index (χ2n) is 3.82. The molecule has 5 heteroatoms. The third-order valence-electron chi connectivity index (χ3n) is 2.54. The van der Waals surface area contributed by atoms with Gasteiger partial charge in [-0.25, -0.2) is 4.39 Å². The van der Waals surface area contributed by atoms with Crippen LogP contribution in [0.1, 0.15) is 5.56 Å². The summed E-state index contributed by atoms with van der Waals surface area (Å²) >= 11 is 0. The topological polar surface area (TPSA) is 49.7 Å². The molecule has 0 radical (unpaired) electrons. The Hall–Kier alpha value is -1.85. The van der Waals surface area contributed by atoms with E-state index in [9.17, 15) is 14.4 Å². The zero-order valence-corrected chi connectivity index (χ0v) is 9.58. The summed E-state index contributed by atoms with van der Waals surface area (Å²) in [6.07, 6.45) is 0. The van der Waals surface area contributed by atoms with Crippen LogP contribution in [0, 0.1) is 5.82 Å². The van der Waals surface area contributed by atoms with E-state index in [2.05, 4.69) is 0 Å². The molecule has 0 atom stereocenters. The van der Waals surface area contributed by atoms with E-state index >= 15 is 0 Å². The molecule has 2 N–H and O–H groups in total. The predicted octanol–water partition coefficient (Wildman–Crippen LogP) is 1.08. The van der Waals surface area contributed by atoms with E-state index in [1.165, 1.54) is 24.3 Å². The lowest BCUT2D eigenvalue weighted by molar-refractivity contribution is 0.306. The van der Waals surface area contributed by atoms with Gasteiger partial charge in [0.25, 0.3) is 0 Å². The van der Waals surface area contributed by atoms with Gasteiger partial charge in [-0.2, -0.15) is 0 Å². The number of hydrogen-bond donors (Lipinski definition) is 2. The molecule has 0 aliphatic carbocycles. The van der Waals surface area contributed by atoms with Crippen LogP contribution in [0.25, 0.3) is 0 Å². The van der Waals surface area contributed by atoms with Crippen molar-refractivity contribution in [3.63, 3.8) is 0 Å². The van der Waals surface area contributed by atoms with Crippen LogP contribution in [-0.2, 0) is 6.61 Å². The van der Waals surface area contributed by atoms with Gasteiger partial charge in [-0.3, -0.25) is 0 Å². The van der Waals surface area contributed by atoms with Gasteiger partial charge in [-0.15, -0.1) is 0 Å². The molecule has 0 amide bonds. The summed E-state index contributed by atoms with van der Waals surface area (Å²) in [4.78, 5) is 0. The fraction of sp³-hybridized carbons (Fsp3) is 0.0769. The Balaban J connectivity index is 2.08. The number of halogens is 1. The highest BCUT2D eigenvalue weighted by molar-refractivity contribution is 6.59. The first kappa shape index (κ1) is 12.6. The Morgan fingerprint density at radius 1 is 1.00 bits per heavy atom. The maximum atomic E-state index is 12.7. The van der Waals surface area contributed by atoms with Crippen molar-refractivity contribution in [1.82, 2.24) is 0 Å². The quantitative estimate of drug-likeness (QED) is 0.794. The summed E-state index contributed by atoms with van der Waals surface area (Å²) in [5.74, 6) is 0.201. The van der Waals surface area contributed by atoms with Crippen molar-refractivity contribution in [2.45, 2.75) is 6.61 Å². The molecular weight excluding hydrogens is 234 g/mol. The first-order chi connectivity index (χ1) is 8.66. The standard InChI is InChI=1S/C13H12BFO3/c15-11-5-7-12(8-6-11)18-9-10-3-1-2-4-13(10)14(16)17/h1-8,16-17H,9H2. The van der Waals surface area contributed by atoms with Crippen LogP contribution < -0.4 is 10.2 Å². The first-order valence-corrected chi connectivity index (χ1v) is 5.49. The predicted molar refractivity (Wildman–Crippen MR) is 67.0 cm³/mol. The molecule has 0 heterocycles. The van der Waals surface area contributed by atoms with E-state index in [1.807, 2.05) is 0 Å². The molecule has 0 aromatic heterocycles. The lowest BCUT2D eigenvalue weighted by Gasteiger charge is -2.10. The highest BCUT2D eigenvalue weighted by Crippen LogP contribution is 2.12. The highest BCUT2D eigenvalue weighted by Gasteiger charge is 2.15. The number of benzene rings is 2. The van der Waals surface area contributed by atoms with E-state index in [0.717, 1.165) is 0 Å². The van der Waals surface area contributed by atoms with Crippen LogP contribution >= 0.6 is 0 Å². The van der Waals surface area contributed by atoms with Crippen molar-refractivity contribution < 1.29 is 19.2 Å². The first-order valence-electron chi connectivity index (χ1n) is 5.49. The van der Waals surface area contributed by atoms with Gasteiger partial charge in [0.15, 0.2) is 0 Å². The molecule has 0 aliphatic heterocycles. The molecule has 2 aromatic rings. The normalized spacial score (nSPS) is 10.2. The maximum absolute atomic E-state index is 12.7. The summed E-state index contributed by atoms with van der Waals surface area (Å²) < 4.78 is 18.1. The van der Waals surface area contributed by atoms with Gasteiger partial charge in [-0.1, -0.05) is 24.3 Å². The Morgan fingerprint density at radius 3 is 2.33 bits per heavy atom. The van der Waals surface area contributed by atoms with E-state index in [-0.39, 0.29) is 12.4 Å². The minimum Gasteiger partial charge on any atom is -0.489 e. The number of ether oxygens (including phenoxy) is 1. The average molecular weight is 246 g/mol. The zero-order valence-electron chi connectivity index (χ0n) is 9.58. The Bertz CT molecular complexity index is 514. The van der Waals surface area contributed by atoms with Gasteiger partial charge in [0, 0.05) is 0 Å². The van der Waals surface area contributed by atoms with Crippen molar-refractivity contribution in [3.05, 3.63) is 59.9 Å². The second-order valence-corrected chi connectivity index (χ2v) is 3.82. The van der Waals surface area contributed by atoms with Crippen LogP contribution in [0.5, 0.6) is 5.75 Å². The van der Waals surface area contributed by atoms with Crippen molar-refractivity contribution >= 4 is 12.6 Å².